The fourth-order valence-electron chi connectivity index (χ4n) is 7.37. The highest BCUT2D eigenvalue weighted by atomic mass is 35.5. The van der Waals surface area contributed by atoms with Crippen LogP contribution in [0.3, 0.4) is 0 Å². The van der Waals surface area contributed by atoms with Gasteiger partial charge in [0.1, 0.15) is 17.0 Å². The summed E-state index contributed by atoms with van der Waals surface area (Å²) >= 11 is 8.07. The van der Waals surface area contributed by atoms with Crippen LogP contribution in [-0.4, -0.2) is 95.0 Å². The summed E-state index contributed by atoms with van der Waals surface area (Å²) in [7, 11) is 2.03. The van der Waals surface area contributed by atoms with Gasteiger partial charge >= 0.3 is 12.2 Å². The normalized spacial score (nSPS) is 16.1. The Morgan fingerprint density at radius 1 is 0.893 bits per heavy atom. The number of hydrogen-bond donors (Lipinski definition) is 4. The van der Waals surface area contributed by atoms with E-state index < -0.39 is 17.8 Å². The molecule has 15 heteroatoms. The van der Waals surface area contributed by atoms with Gasteiger partial charge in [0, 0.05) is 89.2 Å². The Labute approximate surface area is 331 Å². The van der Waals surface area contributed by atoms with Crippen molar-refractivity contribution >= 4 is 95.9 Å². The second-order valence-corrected chi connectivity index (χ2v) is 16.6. The monoisotopic (exact) mass is 795 g/mol. The van der Waals surface area contributed by atoms with E-state index in [0.717, 1.165) is 56.1 Å². The van der Waals surface area contributed by atoms with Crippen LogP contribution in [0, 0.1) is 6.92 Å². The van der Waals surface area contributed by atoms with Gasteiger partial charge in [-0.2, -0.15) is 0 Å². The second-order valence-electron chi connectivity index (χ2n) is 15.4. The summed E-state index contributed by atoms with van der Waals surface area (Å²) in [4.78, 5) is 65.2. The van der Waals surface area contributed by atoms with Crippen LogP contribution >= 0.6 is 22.9 Å². The quantitative estimate of drug-likeness (QED) is 0.123. The highest BCUT2D eigenvalue weighted by Gasteiger charge is 2.37. The number of nitrogens with zero attached hydrogens (tertiary/aromatic N) is 3. The van der Waals surface area contributed by atoms with Crippen molar-refractivity contribution in [2.24, 2.45) is 0 Å². The third kappa shape index (κ3) is 7.27. The minimum absolute atomic E-state index is 0.113. The maximum Gasteiger partial charge on any atom is 0.415 e. The Kier molecular flexibility index (Phi) is 9.67. The molecule has 0 saturated carbocycles. The number of thiophene rings is 1. The van der Waals surface area contributed by atoms with Crippen LogP contribution in [0.25, 0.3) is 31.9 Å². The maximum absolute atomic E-state index is 14.3. The van der Waals surface area contributed by atoms with Gasteiger partial charge in [0.05, 0.1) is 10.4 Å². The summed E-state index contributed by atoms with van der Waals surface area (Å²) in [5, 5.41) is 10.2. The molecule has 0 aliphatic carbocycles. The largest absolute Gasteiger partial charge is 0.444 e. The fraction of sp³-hybridized carbons (Fsp3) is 0.317. The van der Waals surface area contributed by atoms with E-state index in [1.165, 1.54) is 11.3 Å². The standard InChI is InChI=1S/C41H42ClN7O6S/c1-22-21-56-36-33(54-40(53)48-12-10-47(5)11-13-48)18-32-35(34(22)36)25(19-42)20-49(32)38(51)31-17-24-14-26(6-8-29(24)46-31)43-37(50)30-16-23-15-27(7-9-28(23)45-30)44-39(52)55-41(2,3)4/h6-9,14-18,21,25,45-46H,10-13,19-20H2,1-5H3,(H,43,50)(H,44,52). The van der Waals surface area contributed by atoms with E-state index in [0.29, 0.717) is 59.7 Å². The number of aromatic nitrogens is 2. The molecule has 0 spiro atoms. The molecule has 1 saturated heterocycles. The number of amides is 4. The third-order valence-electron chi connectivity index (χ3n) is 10.1. The molecule has 4 N–H and O–H groups in total. The molecule has 8 rings (SSSR count). The lowest BCUT2D eigenvalue weighted by atomic mass is 9.97. The van der Waals surface area contributed by atoms with Gasteiger partial charge < -0.3 is 39.5 Å². The van der Waals surface area contributed by atoms with Crippen molar-refractivity contribution in [3.8, 4) is 5.75 Å². The molecule has 1 fully saturated rings. The van der Waals surface area contributed by atoms with Crippen LogP contribution in [0.1, 0.15) is 58.8 Å². The molecule has 290 valence electrons. The van der Waals surface area contributed by atoms with Crippen molar-refractivity contribution < 1.29 is 28.7 Å². The first kappa shape index (κ1) is 37.4. The number of anilines is 3. The first-order valence-corrected chi connectivity index (χ1v) is 19.8. The highest BCUT2D eigenvalue weighted by Crippen LogP contribution is 2.49. The molecule has 56 heavy (non-hydrogen) atoms. The lowest BCUT2D eigenvalue weighted by Crippen LogP contribution is -2.48. The van der Waals surface area contributed by atoms with E-state index in [1.54, 1.807) is 73.0 Å². The number of alkyl halides is 1. The van der Waals surface area contributed by atoms with E-state index in [4.69, 9.17) is 21.1 Å². The summed E-state index contributed by atoms with van der Waals surface area (Å²) in [6.45, 7) is 10.5. The Bertz CT molecular complexity index is 2540. The predicted molar refractivity (Wildman–Crippen MR) is 221 cm³/mol. The summed E-state index contributed by atoms with van der Waals surface area (Å²) in [6, 6.07) is 15.9. The molecule has 0 radical (unpaired) electrons. The molecule has 13 nitrogen and oxygen atoms in total. The molecule has 0 bridgehead atoms. The SMILES string of the molecule is Cc1csc2c(OC(=O)N3CCN(C)CC3)cc3c(c12)C(CCl)CN3C(=O)c1cc2cc(NC(=O)c3cc4cc(NC(=O)OC(C)(C)C)ccc4[nH]3)ccc2[nH]1. The molecule has 4 amide bonds. The summed E-state index contributed by atoms with van der Waals surface area (Å²) < 4.78 is 12.3. The molecule has 2 aliphatic rings. The van der Waals surface area contributed by atoms with Gasteiger partial charge in [0.25, 0.3) is 11.8 Å². The summed E-state index contributed by atoms with van der Waals surface area (Å²) in [5.41, 5.74) is 5.30. The fourth-order valence-corrected chi connectivity index (χ4v) is 8.64. The number of halogens is 1. The van der Waals surface area contributed by atoms with Gasteiger partial charge in [-0.25, -0.2) is 9.59 Å². The molecular formula is C41H42ClN7O6S. The Morgan fingerprint density at radius 2 is 1.54 bits per heavy atom. The number of fused-ring (bicyclic) bond motifs is 5. The van der Waals surface area contributed by atoms with E-state index in [1.807, 2.05) is 31.5 Å². The first-order chi connectivity index (χ1) is 26.7. The number of ether oxygens (including phenoxy) is 2. The van der Waals surface area contributed by atoms with Gasteiger partial charge in [-0.1, -0.05) is 0 Å². The first-order valence-electron chi connectivity index (χ1n) is 18.4. The van der Waals surface area contributed by atoms with Crippen molar-refractivity contribution in [2.45, 2.75) is 39.2 Å². The van der Waals surface area contributed by atoms with Gasteiger partial charge in [0.15, 0.2) is 5.75 Å². The number of H-pyrrole nitrogens is 2. The van der Waals surface area contributed by atoms with Crippen LogP contribution in [-0.2, 0) is 4.74 Å². The van der Waals surface area contributed by atoms with Crippen molar-refractivity contribution in [3.05, 3.63) is 82.5 Å². The van der Waals surface area contributed by atoms with Crippen molar-refractivity contribution in [3.63, 3.8) is 0 Å². The molecule has 5 heterocycles. The smallest absolute Gasteiger partial charge is 0.415 e. The topological polar surface area (TPSA) is 152 Å². The number of aromatic amines is 2. The molecule has 3 aromatic heterocycles. The molecule has 3 aromatic carbocycles. The molecule has 6 aromatic rings. The molecule has 1 atom stereocenters. The minimum Gasteiger partial charge on any atom is -0.444 e. The second kappa shape index (κ2) is 14.5. The maximum atomic E-state index is 14.3. The van der Waals surface area contributed by atoms with Gasteiger partial charge in [-0.3, -0.25) is 14.9 Å². The van der Waals surface area contributed by atoms with Crippen LogP contribution in [0.5, 0.6) is 5.75 Å². The molecule has 1 unspecified atom stereocenters. The predicted octanol–water partition coefficient (Wildman–Crippen LogP) is 8.50. The molecule has 2 aliphatic heterocycles. The van der Waals surface area contributed by atoms with Crippen molar-refractivity contribution in [1.29, 1.82) is 0 Å². The number of likely N-dealkylation sites (N-methyl/N-ethyl adjacent to an activating group) is 1. The number of rotatable bonds is 6. The van der Waals surface area contributed by atoms with Crippen LogP contribution in [0.2, 0.25) is 0 Å². The Hall–Kier alpha value is -5.57. The highest BCUT2D eigenvalue weighted by molar-refractivity contribution is 7.17. The molecular weight excluding hydrogens is 754 g/mol. The third-order valence-corrected chi connectivity index (χ3v) is 11.6. The van der Waals surface area contributed by atoms with E-state index in [9.17, 15) is 19.2 Å². The summed E-state index contributed by atoms with van der Waals surface area (Å²) in [5.74, 6) is 0.0331. The van der Waals surface area contributed by atoms with Crippen LogP contribution in [0.15, 0.2) is 60.0 Å². The Morgan fingerprint density at radius 3 is 2.20 bits per heavy atom. The minimum atomic E-state index is -0.632. The zero-order chi connectivity index (χ0) is 39.5. The number of aryl methyl sites for hydroxylation is 1. The number of piperazine rings is 1. The van der Waals surface area contributed by atoms with E-state index in [-0.39, 0.29) is 17.7 Å². The average Bonchev–Trinajstić information content (AvgIpc) is 3.94. The Balaban J connectivity index is 1.02. The zero-order valence-electron chi connectivity index (χ0n) is 31.7. The van der Waals surface area contributed by atoms with Gasteiger partial charge in [-0.05, 0) is 99.8 Å². The van der Waals surface area contributed by atoms with E-state index >= 15 is 0 Å². The number of carbonyl (C=O) groups excluding carboxylic acids is 4. The van der Waals surface area contributed by atoms with E-state index in [2.05, 4.69) is 25.5 Å². The van der Waals surface area contributed by atoms with Crippen LogP contribution < -0.4 is 20.3 Å². The lowest BCUT2D eigenvalue weighted by molar-refractivity contribution is 0.0635. The van der Waals surface area contributed by atoms with Crippen molar-refractivity contribution in [1.82, 2.24) is 19.8 Å². The lowest BCUT2D eigenvalue weighted by Gasteiger charge is -2.31. The number of carbonyl (C=O) groups is 4. The van der Waals surface area contributed by atoms with Gasteiger partial charge in [-0.15, -0.1) is 22.9 Å². The average molecular weight is 796 g/mol. The van der Waals surface area contributed by atoms with Gasteiger partial charge in [0.2, 0.25) is 0 Å². The van der Waals surface area contributed by atoms with Crippen LogP contribution in [0.4, 0.5) is 26.7 Å². The van der Waals surface area contributed by atoms with Crippen molar-refractivity contribution in [2.75, 3.05) is 61.2 Å². The number of hydrogen-bond acceptors (Lipinski definition) is 8. The number of benzene rings is 3. The number of nitrogens with one attached hydrogen (secondary N) is 4. The summed E-state index contributed by atoms with van der Waals surface area (Å²) in [6.07, 6.45) is -0.969. The zero-order valence-corrected chi connectivity index (χ0v) is 33.2.